The summed E-state index contributed by atoms with van der Waals surface area (Å²) in [6.45, 7) is 0. The molecular formula is C11H13N5S. The Kier molecular flexibility index (Phi) is 2.45. The lowest BCUT2D eigenvalue weighted by Crippen LogP contribution is -2.16. The molecule has 1 unspecified atom stereocenters. The average molecular weight is 247 g/mol. The molecule has 1 atom stereocenters. The van der Waals surface area contributed by atoms with E-state index in [1.54, 1.807) is 17.7 Å². The van der Waals surface area contributed by atoms with Crippen molar-refractivity contribution in [3.8, 4) is 0 Å². The van der Waals surface area contributed by atoms with Crippen molar-refractivity contribution in [2.24, 2.45) is 12.8 Å². The Bertz CT molecular complexity index is 606. The molecule has 0 saturated carbocycles. The molecular weight excluding hydrogens is 234 g/mol. The first-order valence-corrected chi connectivity index (χ1v) is 6.25. The molecule has 0 spiro atoms. The van der Waals surface area contributed by atoms with E-state index in [0.717, 1.165) is 22.8 Å². The maximum Gasteiger partial charge on any atom is 0.193 e. The topological polar surface area (TPSA) is 61.1 Å². The number of aryl methyl sites for hydroxylation is 1. The second kappa shape index (κ2) is 3.97. The summed E-state index contributed by atoms with van der Waals surface area (Å²) in [5.74, 6) is 0. The Hall–Kier alpha value is -1.66. The minimum absolute atomic E-state index is 0.0629. The van der Waals surface area contributed by atoms with Gasteiger partial charge in [-0.05, 0) is 0 Å². The van der Waals surface area contributed by atoms with Crippen molar-refractivity contribution >= 4 is 16.3 Å². The van der Waals surface area contributed by atoms with E-state index >= 15 is 0 Å². The maximum atomic E-state index is 6.16. The quantitative estimate of drug-likeness (QED) is 0.760. The lowest BCUT2D eigenvalue weighted by Gasteiger charge is -2.10. The summed E-state index contributed by atoms with van der Waals surface area (Å²) in [5, 5.41) is 2.02. The monoisotopic (exact) mass is 247 g/mol. The Morgan fingerprint density at radius 2 is 2.41 bits per heavy atom. The molecule has 3 aromatic rings. The molecule has 0 aliphatic rings. The highest BCUT2D eigenvalue weighted by Crippen LogP contribution is 2.17. The number of hydrogen-bond donors (Lipinski definition) is 1. The average Bonchev–Trinajstić information content (AvgIpc) is 2.92. The number of imidazole rings is 2. The molecule has 0 aliphatic carbocycles. The van der Waals surface area contributed by atoms with Crippen molar-refractivity contribution in [3.05, 3.63) is 41.7 Å². The van der Waals surface area contributed by atoms with Crippen molar-refractivity contribution in [1.82, 2.24) is 18.9 Å². The largest absolute Gasteiger partial charge is 0.336 e. The van der Waals surface area contributed by atoms with E-state index < -0.39 is 0 Å². The van der Waals surface area contributed by atoms with E-state index in [-0.39, 0.29) is 6.04 Å². The van der Waals surface area contributed by atoms with Gasteiger partial charge in [0.1, 0.15) is 0 Å². The van der Waals surface area contributed by atoms with Gasteiger partial charge in [-0.15, -0.1) is 11.3 Å². The predicted octanol–water partition coefficient (Wildman–Crippen LogP) is 1.37. The number of fused-ring (bicyclic) bond motifs is 1. The van der Waals surface area contributed by atoms with Crippen LogP contribution in [-0.2, 0) is 13.5 Å². The van der Waals surface area contributed by atoms with Gasteiger partial charge in [0.05, 0.1) is 23.8 Å². The van der Waals surface area contributed by atoms with Crippen LogP contribution in [0.5, 0.6) is 0 Å². The number of rotatable bonds is 3. The third-order valence-corrected chi connectivity index (χ3v) is 3.58. The fraction of sp³-hybridized carbons (Fsp3) is 0.273. The van der Waals surface area contributed by atoms with E-state index in [9.17, 15) is 0 Å². The smallest absolute Gasteiger partial charge is 0.193 e. The van der Waals surface area contributed by atoms with E-state index in [1.807, 2.05) is 40.0 Å². The summed E-state index contributed by atoms with van der Waals surface area (Å²) in [6, 6.07) is -0.0629. The molecule has 0 aromatic carbocycles. The SMILES string of the molecule is Cn1cncc1C(N)Cc1cn2ccsc2n1. The summed E-state index contributed by atoms with van der Waals surface area (Å²) in [4.78, 5) is 9.61. The van der Waals surface area contributed by atoms with Crippen LogP contribution in [0.1, 0.15) is 17.4 Å². The van der Waals surface area contributed by atoms with Crippen LogP contribution in [0.4, 0.5) is 0 Å². The van der Waals surface area contributed by atoms with Crippen molar-refractivity contribution in [3.63, 3.8) is 0 Å². The number of nitrogens with two attached hydrogens (primary N) is 1. The summed E-state index contributed by atoms with van der Waals surface area (Å²) < 4.78 is 3.97. The lowest BCUT2D eigenvalue weighted by molar-refractivity contribution is 0.649. The molecule has 3 aromatic heterocycles. The summed E-state index contributed by atoms with van der Waals surface area (Å²) in [7, 11) is 1.95. The molecule has 88 valence electrons. The van der Waals surface area contributed by atoms with Crippen LogP contribution in [-0.4, -0.2) is 18.9 Å². The standard InChI is InChI=1S/C11H13N5S/c1-15-7-13-5-10(15)9(12)4-8-6-16-2-3-17-11(16)14-8/h2-3,5-7,9H,4,12H2,1H3. The van der Waals surface area contributed by atoms with Gasteiger partial charge in [0.2, 0.25) is 0 Å². The van der Waals surface area contributed by atoms with Crippen molar-refractivity contribution in [2.45, 2.75) is 12.5 Å². The van der Waals surface area contributed by atoms with Crippen LogP contribution < -0.4 is 5.73 Å². The van der Waals surface area contributed by atoms with Crippen LogP contribution in [0.2, 0.25) is 0 Å². The van der Waals surface area contributed by atoms with Crippen LogP contribution >= 0.6 is 11.3 Å². The number of thiazole rings is 1. The first-order valence-electron chi connectivity index (χ1n) is 5.37. The zero-order valence-corrected chi connectivity index (χ0v) is 10.3. The fourth-order valence-corrected chi connectivity index (χ4v) is 2.65. The van der Waals surface area contributed by atoms with Gasteiger partial charge in [-0.3, -0.25) is 4.40 Å². The molecule has 3 rings (SSSR count). The first kappa shape index (κ1) is 10.5. The van der Waals surface area contributed by atoms with Gasteiger partial charge in [-0.25, -0.2) is 9.97 Å². The van der Waals surface area contributed by atoms with E-state index in [0.29, 0.717) is 0 Å². The highest BCUT2D eigenvalue weighted by Gasteiger charge is 2.13. The first-order chi connectivity index (χ1) is 8.24. The van der Waals surface area contributed by atoms with Crippen molar-refractivity contribution in [2.75, 3.05) is 0 Å². The third-order valence-electron chi connectivity index (χ3n) is 2.81. The number of hydrogen-bond acceptors (Lipinski definition) is 4. The molecule has 0 bridgehead atoms. The van der Waals surface area contributed by atoms with Gasteiger partial charge < -0.3 is 10.3 Å². The van der Waals surface area contributed by atoms with Crippen LogP contribution in [0.3, 0.4) is 0 Å². The molecule has 2 N–H and O–H groups in total. The normalized spacial score (nSPS) is 13.3. The Morgan fingerprint density at radius 3 is 3.12 bits per heavy atom. The van der Waals surface area contributed by atoms with Gasteiger partial charge in [0.15, 0.2) is 4.96 Å². The third kappa shape index (κ3) is 1.85. The van der Waals surface area contributed by atoms with Gasteiger partial charge in [-0.2, -0.15) is 0 Å². The molecule has 0 saturated heterocycles. The lowest BCUT2D eigenvalue weighted by atomic mass is 10.1. The number of nitrogens with zero attached hydrogens (tertiary/aromatic N) is 4. The van der Waals surface area contributed by atoms with E-state index in [4.69, 9.17) is 5.73 Å². The molecule has 3 heterocycles. The van der Waals surface area contributed by atoms with Crippen LogP contribution in [0.15, 0.2) is 30.3 Å². The molecule has 0 radical (unpaired) electrons. The fourth-order valence-electron chi connectivity index (χ4n) is 1.93. The van der Waals surface area contributed by atoms with E-state index in [1.165, 1.54) is 0 Å². The van der Waals surface area contributed by atoms with Crippen molar-refractivity contribution in [1.29, 1.82) is 0 Å². The summed E-state index contributed by atoms with van der Waals surface area (Å²) >= 11 is 1.63. The summed E-state index contributed by atoms with van der Waals surface area (Å²) in [6.07, 6.45) is 8.34. The molecule has 0 fully saturated rings. The van der Waals surface area contributed by atoms with Gasteiger partial charge in [0, 0.05) is 37.4 Å². The number of aromatic nitrogens is 4. The Balaban J connectivity index is 1.83. The van der Waals surface area contributed by atoms with Crippen molar-refractivity contribution < 1.29 is 0 Å². The highest BCUT2D eigenvalue weighted by atomic mass is 32.1. The van der Waals surface area contributed by atoms with E-state index in [2.05, 4.69) is 9.97 Å². The van der Waals surface area contributed by atoms with Gasteiger partial charge in [0.25, 0.3) is 0 Å². The molecule has 17 heavy (non-hydrogen) atoms. The second-order valence-corrected chi connectivity index (χ2v) is 4.94. The minimum Gasteiger partial charge on any atom is -0.336 e. The second-order valence-electron chi connectivity index (χ2n) is 4.07. The maximum absolute atomic E-state index is 6.16. The highest BCUT2D eigenvalue weighted by molar-refractivity contribution is 7.15. The zero-order chi connectivity index (χ0) is 11.8. The zero-order valence-electron chi connectivity index (χ0n) is 9.45. The van der Waals surface area contributed by atoms with Gasteiger partial charge in [-0.1, -0.05) is 0 Å². The molecule has 5 nitrogen and oxygen atoms in total. The van der Waals surface area contributed by atoms with Crippen LogP contribution in [0, 0.1) is 0 Å². The molecule has 0 amide bonds. The Morgan fingerprint density at radius 1 is 1.53 bits per heavy atom. The minimum atomic E-state index is -0.0629. The van der Waals surface area contributed by atoms with Crippen LogP contribution in [0.25, 0.3) is 4.96 Å². The predicted molar refractivity (Wildman–Crippen MR) is 66.9 cm³/mol. The summed E-state index contributed by atoms with van der Waals surface area (Å²) in [5.41, 5.74) is 8.20. The Labute approximate surface area is 103 Å². The molecule has 6 heteroatoms. The molecule has 0 aliphatic heterocycles. The van der Waals surface area contributed by atoms with Gasteiger partial charge >= 0.3 is 0 Å².